The van der Waals surface area contributed by atoms with Crippen LogP contribution in [-0.4, -0.2) is 50.6 Å². The van der Waals surface area contributed by atoms with Gasteiger partial charge in [-0.05, 0) is 26.8 Å². The van der Waals surface area contributed by atoms with Gasteiger partial charge >= 0.3 is 30.7 Å². The summed E-state index contributed by atoms with van der Waals surface area (Å²) in [5.41, 5.74) is 0.0849. The van der Waals surface area contributed by atoms with Gasteiger partial charge in [-0.1, -0.05) is 12.1 Å². The topological polar surface area (TPSA) is 128 Å². The SMILES string of the molecule is CCOC(=O)OC1=C(C)NC(COC(C)=O)=C(OC(=O)OCC)C1c1cccc2c1OC(F)C(F)(F)O2. The van der Waals surface area contributed by atoms with Crippen molar-refractivity contribution in [1.29, 1.82) is 0 Å². The predicted molar refractivity (Wildman–Crippen MR) is 116 cm³/mol. The van der Waals surface area contributed by atoms with Crippen LogP contribution in [0, 0.1) is 0 Å². The number of rotatable bonds is 7. The number of ether oxygens (including phenoxy) is 7. The molecule has 2 aliphatic heterocycles. The van der Waals surface area contributed by atoms with E-state index < -0.39 is 54.8 Å². The molecule has 11 nitrogen and oxygen atoms in total. The Morgan fingerprint density at radius 3 is 2.24 bits per heavy atom. The number of hydrogen-bond acceptors (Lipinski definition) is 11. The second-order valence-corrected chi connectivity index (χ2v) is 7.51. The van der Waals surface area contributed by atoms with Crippen LogP contribution in [0.4, 0.5) is 22.8 Å². The maximum absolute atomic E-state index is 14.2. The number of allylic oxidation sites excluding steroid dienone is 1. The Morgan fingerprint density at radius 1 is 1.03 bits per heavy atom. The lowest BCUT2D eigenvalue weighted by Crippen LogP contribution is -2.43. The average molecular weight is 531 g/mol. The molecule has 0 saturated heterocycles. The first-order chi connectivity index (χ1) is 17.5. The largest absolute Gasteiger partial charge is 0.513 e. The average Bonchev–Trinajstić information content (AvgIpc) is 2.81. The van der Waals surface area contributed by atoms with Gasteiger partial charge in [-0.15, -0.1) is 0 Å². The molecule has 0 aromatic heterocycles. The molecule has 2 unspecified atom stereocenters. The van der Waals surface area contributed by atoms with Crippen molar-refractivity contribution in [1.82, 2.24) is 5.32 Å². The van der Waals surface area contributed by atoms with Crippen LogP contribution < -0.4 is 14.8 Å². The summed E-state index contributed by atoms with van der Waals surface area (Å²) in [6.45, 7) is 5.11. The highest BCUT2D eigenvalue weighted by atomic mass is 19.3. The van der Waals surface area contributed by atoms with Crippen molar-refractivity contribution in [2.45, 2.75) is 46.1 Å². The molecule has 202 valence electrons. The Kier molecular flexibility index (Phi) is 8.40. The van der Waals surface area contributed by atoms with E-state index in [2.05, 4.69) is 10.1 Å². The highest BCUT2D eigenvalue weighted by Gasteiger charge is 2.51. The Bertz CT molecular complexity index is 1130. The maximum Gasteiger partial charge on any atom is 0.513 e. The fourth-order valence-corrected chi connectivity index (χ4v) is 3.48. The molecule has 3 rings (SSSR count). The van der Waals surface area contributed by atoms with E-state index in [1.54, 1.807) is 0 Å². The molecule has 37 heavy (non-hydrogen) atoms. The number of esters is 1. The zero-order valence-electron chi connectivity index (χ0n) is 20.2. The summed E-state index contributed by atoms with van der Waals surface area (Å²) < 4.78 is 76.7. The molecule has 1 aromatic rings. The van der Waals surface area contributed by atoms with Crippen LogP contribution in [0.1, 0.15) is 39.2 Å². The normalized spacial score (nSPS) is 20.0. The van der Waals surface area contributed by atoms with Gasteiger partial charge in [0.2, 0.25) is 0 Å². The molecule has 0 radical (unpaired) electrons. The van der Waals surface area contributed by atoms with Crippen molar-refractivity contribution in [2.75, 3.05) is 19.8 Å². The van der Waals surface area contributed by atoms with E-state index in [9.17, 15) is 27.6 Å². The van der Waals surface area contributed by atoms with Gasteiger partial charge in [-0.25, -0.2) is 9.59 Å². The monoisotopic (exact) mass is 531 g/mol. The molecule has 0 aliphatic carbocycles. The number of fused-ring (bicyclic) bond motifs is 1. The molecular formula is C23H24F3NO10. The Hall–Kier alpha value is -4.10. The quantitative estimate of drug-likeness (QED) is 0.398. The number of hydrogen-bond donors (Lipinski definition) is 1. The van der Waals surface area contributed by atoms with Gasteiger partial charge in [0, 0.05) is 12.5 Å². The molecule has 1 N–H and O–H groups in total. The Labute approximate surface area is 209 Å². The first kappa shape index (κ1) is 27.5. The number of carbonyl (C=O) groups excluding carboxylic acids is 3. The Balaban J connectivity index is 2.21. The predicted octanol–water partition coefficient (Wildman–Crippen LogP) is 4.39. The number of alkyl halides is 3. The van der Waals surface area contributed by atoms with E-state index >= 15 is 0 Å². The molecule has 14 heteroatoms. The van der Waals surface area contributed by atoms with Crippen LogP contribution in [0.15, 0.2) is 41.1 Å². The summed E-state index contributed by atoms with van der Waals surface area (Å²) in [7, 11) is 0. The van der Waals surface area contributed by atoms with Gasteiger partial charge in [0.05, 0.1) is 24.6 Å². The van der Waals surface area contributed by atoms with E-state index in [0.29, 0.717) is 0 Å². The van der Waals surface area contributed by atoms with E-state index in [4.69, 9.17) is 28.4 Å². The van der Waals surface area contributed by atoms with Crippen molar-refractivity contribution in [3.8, 4) is 11.5 Å². The minimum Gasteiger partial charge on any atom is -0.459 e. The van der Waals surface area contributed by atoms with Crippen molar-refractivity contribution >= 4 is 18.3 Å². The van der Waals surface area contributed by atoms with Crippen LogP contribution in [0.2, 0.25) is 0 Å². The number of halogens is 3. The molecule has 0 saturated carbocycles. The molecule has 0 fully saturated rings. The lowest BCUT2D eigenvalue weighted by Gasteiger charge is -2.34. The number of nitrogens with one attached hydrogen (secondary N) is 1. The minimum absolute atomic E-state index is 0.0124. The number of benzene rings is 1. The molecule has 0 amide bonds. The highest BCUT2D eigenvalue weighted by Crippen LogP contribution is 2.49. The van der Waals surface area contributed by atoms with Gasteiger partial charge in [0.15, 0.2) is 11.5 Å². The smallest absolute Gasteiger partial charge is 0.459 e. The molecule has 0 spiro atoms. The Morgan fingerprint density at radius 2 is 1.65 bits per heavy atom. The first-order valence-electron chi connectivity index (χ1n) is 11.0. The maximum atomic E-state index is 14.2. The zero-order valence-corrected chi connectivity index (χ0v) is 20.2. The van der Waals surface area contributed by atoms with Gasteiger partial charge < -0.3 is 38.5 Å². The van der Waals surface area contributed by atoms with Gasteiger partial charge in [-0.3, -0.25) is 4.79 Å². The van der Waals surface area contributed by atoms with Gasteiger partial charge in [0.25, 0.3) is 0 Å². The number of carbonyl (C=O) groups is 3. The highest BCUT2D eigenvalue weighted by molar-refractivity contribution is 5.67. The van der Waals surface area contributed by atoms with Crippen LogP contribution in [-0.2, 0) is 28.5 Å². The van der Waals surface area contributed by atoms with Crippen molar-refractivity contribution in [3.05, 3.63) is 46.7 Å². The lowest BCUT2D eigenvalue weighted by atomic mass is 9.89. The lowest BCUT2D eigenvalue weighted by molar-refractivity contribution is -0.281. The second kappa shape index (κ2) is 11.3. The third-order valence-corrected chi connectivity index (χ3v) is 4.91. The summed E-state index contributed by atoms with van der Waals surface area (Å²) in [5, 5.41) is 2.82. The molecule has 2 heterocycles. The standard InChI is InChI=1S/C23H24F3NO10/c1-5-31-21(29)35-17-11(3)27-14(10-33-12(4)28)19(36-22(30)32-6-2)16(17)13-8-7-9-15-18(13)34-20(24)23(25,26)37-15/h7-9,16,20,27H,5-6,10H2,1-4H3. The minimum atomic E-state index is -4.28. The summed E-state index contributed by atoms with van der Waals surface area (Å²) in [6, 6.07) is 3.73. The van der Waals surface area contributed by atoms with Crippen molar-refractivity contribution in [3.63, 3.8) is 0 Å². The fraction of sp³-hybridized carbons (Fsp3) is 0.435. The van der Waals surface area contributed by atoms with Crippen LogP contribution in [0.25, 0.3) is 0 Å². The van der Waals surface area contributed by atoms with Crippen molar-refractivity contribution in [2.24, 2.45) is 0 Å². The second-order valence-electron chi connectivity index (χ2n) is 7.51. The van der Waals surface area contributed by atoms with Crippen LogP contribution >= 0.6 is 0 Å². The van der Waals surface area contributed by atoms with Crippen LogP contribution in [0.5, 0.6) is 11.5 Å². The van der Waals surface area contributed by atoms with E-state index in [-0.39, 0.29) is 41.7 Å². The van der Waals surface area contributed by atoms with Gasteiger partial charge in [-0.2, -0.15) is 13.2 Å². The summed E-state index contributed by atoms with van der Waals surface area (Å²) in [6.07, 6.45) is -9.78. The number of para-hydroxylation sites is 1. The van der Waals surface area contributed by atoms with E-state index in [0.717, 1.165) is 13.0 Å². The van der Waals surface area contributed by atoms with Gasteiger partial charge in [0.1, 0.15) is 24.0 Å². The third-order valence-electron chi connectivity index (χ3n) is 4.91. The summed E-state index contributed by atoms with van der Waals surface area (Å²) >= 11 is 0. The zero-order chi connectivity index (χ0) is 27.3. The molecule has 1 aromatic carbocycles. The number of dihydropyridines is 1. The molecular weight excluding hydrogens is 507 g/mol. The molecule has 2 atom stereocenters. The van der Waals surface area contributed by atoms with E-state index in [1.807, 2.05) is 0 Å². The fourth-order valence-electron chi connectivity index (χ4n) is 3.48. The first-order valence-corrected chi connectivity index (χ1v) is 11.0. The molecule has 2 aliphatic rings. The summed E-state index contributed by atoms with van der Waals surface area (Å²) in [5.74, 6) is -3.60. The summed E-state index contributed by atoms with van der Waals surface area (Å²) in [4.78, 5) is 36.1. The van der Waals surface area contributed by atoms with E-state index in [1.165, 1.54) is 32.9 Å². The third kappa shape index (κ3) is 6.19. The van der Waals surface area contributed by atoms with Crippen LogP contribution in [0.3, 0.4) is 0 Å². The van der Waals surface area contributed by atoms with Crippen molar-refractivity contribution < 1.29 is 60.7 Å². The molecule has 0 bridgehead atoms.